The number of fused-ring (bicyclic) bond motifs is 1. The summed E-state index contributed by atoms with van der Waals surface area (Å²) < 4.78 is 17.1. The minimum Gasteiger partial charge on any atom is -0.490 e. The first-order valence-corrected chi connectivity index (χ1v) is 10.7. The molecule has 0 aromatic heterocycles. The van der Waals surface area contributed by atoms with Crippen LogP contribution in [0.2, 0.25) is 0 Å². The highest BCUT2D eigenvalue weighted by Crippen LogP contribution is 2.32. The van der Waals surface area contributed by atoms with E-state index in [-0.39, 0.29) is 29.9 Å². The summed E-state index contributed by atoms with van der Waals surface area (Å²) in [6.45, 7) is 8.13. The van der Waals surface area contributed by atoms with Gasteiger partial charge < -0.3 is 29.7 Å². The Kier molecular flexibility index (Phi) is 13.3. The smallest absolute Gasteiger partial charge is 0.223 e. The average molecular weight is 548 g/mol. The van der Waals surface area contributed by atoms with Crippen molar-refractivity contribution < 1.29 is 19.0 Å². The van der Waals surface area contributed by atoms with Gasteiger partial charge in [-0.15, -0.1) is 24.0 Å². The fraction of sp³-hybridized carbons (Fsp3) is 0.636. The summed E-state index contributed by atoms with van der Waals surface area (Å²) in [5, 5.41) is 6.53. The van der Waals surface area contributed by atoms with Crippen LogP contribution in [0, 0.1) is 5.92 Å². The number of guanidine groups is 1. The Balaban J connectivity index is 0.00000480. The van der Waals surface area contributed by atoms with Gasteiger partial charge in [-0.2, -0.15) is 0 Å². The lowest BCUT2D eigenvalue weighted by molar-refractivity contribution is -0.128. The van der Waals surface area contributed by atoms with Crippen molar-refractivity contribution in [1.29, 1.82) is 0 Å². The molecule has 8 nitrogen and oxygen atoms in total. The molecule has 0 fully saturated rings. The monoisotopic (exact) mass is 548 g/mol. The molecular formula is C22H37IN4O4. The first-order valence-electron chi connectivity index (χ1n) is 10.7. The van der Waals surface area contributed by atoms with Gasteiger partial charge in [0.2, 0.25) is 5.91 Å². The predicted octanol–water partition coefficient (Wildman–Crippen LogP) is 3.36. The first kappa shape index (κ1) is 27.3. The molecule has 0 aliphatic carbocycles. The maximum atomic E-state index is 11.8. The Labute approximate surface area is 203 Å². The number of nitrogens with one attached hydrogen (secondary N) is 2. The van der Waals surface area contributed by atoms with Gasteiger partial charge in [-0.1, -0.05) is 13.8 Å². The maximum Gasteiger partial charge on any atom is 0.223 e. The third-order valence-corrected chi connectivity index (χ3v) is 4.31. The first-order chi connectivity index (χ1) is 14.5. The average Bonchev–Trinajstić information content (AvgIpc) is 2.94. The van der Waals surface area contributed by atoms with Crippen molar-refractivity contribution in [2.45, 2.75) is 33.1 Å². The van der Waals surface area contributed by atoms with Crippen LogP contribution in [0.25, 0.3) is 0 Å². The second-order valence-electron chi connectivity index (χ2n) is 7.85. The van der Waals surface area contributed by atoms with Crippen LogP contribution in [0.15, 0.2) is 23.2 Å². The van der Waals surface area contributed by atoms with E-state index in [4.69, 9.17) is 14.2 Å². The molecule has 31 heavy (non-hydrogen) atoms. The van der Waals surface area contributed by atoms with Gasteiger partial charge in [-0.05, 0) is 24.5 Å². The van der Waals surface area contributed by atoms with Crippen molar-refractivity contribution >= 4 is 41.5 Å². The Bertz CT molecular complexity index is 698. The molecule has 1 aromatic carbocycles. The van der Waals surface area contributed by atoms with Gasteiger partial charge in [0, 0.05) is 65.0 Å². The zero-order valence-corrected chi connectivity index (χ0v) is 21.4. The molecule has 0 saturated heterocycles. The van der Waals surface area contributed by atoms with E-state index >= 15 is 0 Å². The Morgan fingerprint density at radius 3 is 2.68 bits per heavy atom. The molecule has 1 aliphatic heterocycles. The van der Waals surface area contributed by atoms with Gasteiger partial charge in [-0.25, -0.2) is 0 Å². The summed E-state index contributed by atoms with van der Waals surface area (Å²) in [7, 11) is 3.51. The van der Waals surface area contributed by atoms with Crippen LogP contribution in [-0.4, -0.2) is 70.4 Å². The molecule has 1 amide bonds. The lowest BCUT2D eigenvalue weighted by Gasteiger charge is -2.15. The zero-order chi connectivity index (χ0) is 21.8. The van der Waals surface area contributed by atoms with Crippen molar-refractivity contribution in [2.75, 3.05) is 58.9 Å². The molecule has 1 heterocycles. The third kappa shape index (κ3) is 10.9. The number of carbonyl (C=O) groups excluding carboxylic acids is 1. The van der Waals surface area contributed by atoms with E-state index in [9.17, 15) is 4.79 Å². The number of hydrogen-bond donors (Lipinski definition) is 2. The number of nitrogens with zero attached hydrogens (tertiary/aromatic N) is 2. The standard InChI is InChI=1S/C22H36N4O4.HI/c1-17(2)16-28-12-5-10-23-22(24-11-9-21(27)26(3)4)25-18-7-8-19-20(15-18)30-14-6-13-29-19;/h7-8,15,17H,5-6,9-14,16H2,1-4H3,(H2,23,24,25);1H. The summed E-state index contributed by atoms with van der Waals surface area (Å²) in [5.41, 5.74) is 0.848. The number of halogens is 1. The van der Waals surface area contributed by atoms with E-state index in [1.807, 2.05) is 18.2 Å². The normalized spacial score (nSPS) is 13.3. The summed E-state index contributed by atoms with van der Waals surface area (Å²) >= 11 is 0. The molecule has 2 rings (SSSR count). The molecule has 0 unspecified atom stereocenters. The lowest BCUT2D eigenvalue weighted by Crippen LogP contribution is -2.34. The Morgan fingerprint density at radius 2 is 1.97 bits per heavy atom. The topological polar surface area (TPSA) is 84.4 Å². The molecule has 1 aliphatic rings. The van der Waals surface area contributed by atoms with Crippen LogP contribution in [0.5, 0.6) is 11.5 Å². The fourth-order valence-electron chi connectivity index (χ4n) is 2.71. The van der Waals surface area contributed by atoms with Gasteiger partial charge >= 0.3 is 0 Å². The lowest BCUT2D eigenvalue weighted by atomic mass is 10.2. The molecule has 2 N–H and O–H groups in total. The number of amides is 1. The molecule has 0 saturated carbocycles. The SMILES string of the molecule is CC(C)COCCCN=C(NCCC(=O)N(C)C)Nc1ccc2c(c1)OCCCO2.I. The van der Waals surface area contributed by atoms with E-state index in [1.165, 1.54) is 0 Å². The van der Waals surface area contributed by atoms with Gasteiger partial charge in [0.15, 0.2) is 17.5 Å². The molecule has 0 bridgehead atoms. The van der Waals surface area contributed by atoms with Gasteiger partial charge in [0.05, 0.1) is 13.2 Å². The highest BCUT2D eigenvalue weighted by Gasteiger charge is 2.12. The number of aliphatic imine (C=N–C) groups is 1. The second kappa shape index (κ2) is 15.1. The minimum atomic E-state index is 0. The van der Waals surface area contributed by atoms with E-state index < -0.39 is 0 Å². The number of rotatable bonds is 10. The highest BCUT2D eigenvalue weighted by atomic mass is 127. The van der Waals surface area contributed by atoms with E-state index in [0.717, 1.165) is 36.6 Å². The van der Waals surface area contributed by atoms with Gasteiger partial charge in [0.25, 0.3) is 0 Å². The summed E-state index contributed by atoms with van der Waals surface area (Å²) in [4.78, 5) is 18.1. The molecule has 0 spiro atoms. The fourth-order valence-corrected chi connectivity index (χ4v) is 2.71. The number of hydrogen-bond acceptors (Lipinski definition) is 5. The number of carbonyl (C=O) groups is 1. The van der Waals surface area contributed by atoms with Crippen LogP contribution < -0.4 is 20.1 Å². The van der Waals surface area contributed by atoms with Crippen LogP contribution in [-0.2, 0) is 9.53 Å². The molecule has 1 aromatic rings. The van der Waals surface area contributed by atoms with Crippen LogP contribution >= 0.6 is 24.0 Å². The quantitative estimate of drug-likeness (QED) is 0.202. The van der Waals surface area contributed by atoms with Crippen molar-refractivity contribution in [1.82, 2.24) is 10.2 Å². The largest absolute Gasteiger partial charge is 0.490 e. The molecular weight excluding hydrogens is 511 g/mol. The Morgan fingerprint density at radius 1 is 1.23 bits per heavy atom. The van der Waals surface area contributed by atoms with Gasteiger partial charge in [-0.3, -0.25) is 9.79 Å². The molecule has 0 atom stereocenters. The highest BCUT2D eigenvalue weighted by molar-refractivity contribution is 14.0. The van der Waals surface area contributed by atoms with E-state index in [1.54, 1.807) is 19.0 Å². The number of ether oxygens (including phenoxy) is 3. The van der Waals surface area contributed by atoms with E-state index in [2.05, 4.69) is 29.5 Å². The van der Waals surface area contributed by atoms with Gasteiger partial charge in [0.1, 0.15) is 0 Å². The maximum absolute atomic E-state index is 11.8. The van der Waals surface area contributed by atoms with Crippen molar-refractivity contribution in [3.05, 3.63) is 18.2 Å². The van der Waals surface area contributed by atoms with Crippen LogP contribution in [0.4, 0.5) is 5.69 Å². The van der Waals surface area contributed by atoms with Crippen molar-refractivity contribution in [3.8, 4) is 11.5 Å². The summed E-state index contributed by atoms with van der Waals surface area (Å²) in [6.07, 6.45) is 2.09. The van der Waals surface area contributed by atoms with Crippen molar-refractivity contribution in [3.63, 3.8) is 0 Å². The minimum absolute atomic E-state index is 0. The number of anilines is 1. The van der Waals surface area contributed by atoms with E-state index in [0.29, 0.717) is 51.2 Å². The zero-order valence-electron chi connectivity index (χ0n) is 19.1. The third-order valence-electron chi connectivity index (χ3n) is 4.31. The van der Waals surface area contributed by atoms with Crippen LogP contribution in [0.1, 0.15) is 33.1 Å². The molecule has 9 heteroatoms. The Hall–Kier alpha value is -1.75. The second-order valence-corrected chi connectivity index (χ2v) is 7.85. The summed E-state index contributed by atoms with van der Waals surface area (Å²) in [5.74, 6) is 2.70. The molecule has 176 valence electrons. The van der Waals surface area contributed by atoms with Crippen LogP contribution in [0.3, 0.4) is 0 Å². The van der Waals surface area contributed by atoms with Crippen molar-refractivity contribution in [2.24, 2.45) is 10.9 Å². The predicted molar refractivity (Wildman–Crippen MR) is 135 cm³/mol. The number of benzene rings is 1. The summed E-state index contributed by atoms with van der Waals surface area (Å²) in [6, 6.07) is 5.74. The molecule has 0 radical (unpaired) electrons.